The van der Waals surface area contributed by atoms with Crippen LogP contribution in [0.15, 0.2) is 60.2 Å². The van der Waals surface area contributed by atoms with Crippen LogP contribution < -0.4 is 20.3 Å². The topological polar surface area (TPSA) is 209 Å². The van der Waals surface area contributed by atoms with E-state index in [1.807, 2.05) is 103 Å². The first-order valence-corrected chi connectivity index (χ1v) is 27.8. The normalized spacial score (nSPS) is 26.0. The molecule has 74 heavy (non-hydrogen) atoms. The molecule has 0 aromatic heterocycles. The molecule has 0 radical (unpaired) electrons. The standard InChI is InChI=1S/C55H74N4O13S2/c1-12-27-68-55-25-14-13-15-34(4)28-37-29-40(58(10)47(63)31-43(70-51(65)33(2)3)54(9)50(71-54)36(6)42(32-55)69-52(66)57-55)49(41(30-37)67-11)38-17-19-39(20-18-38)56-44(60)21-16-35(5)73-74-53(7,8)26-24-48(64)72-59-45(61)22-23-46(59)62/h13-15,17-20,29-30,33,35-36,42-43,50H,12,16,21-28,31-32H2,1-11H3,(H,56,60)(H,57,66)/b14-13+,34-15+/t35?,36-,42+,43+,50+,54+,55-/m1/s1. The predicted octanol–water partition coefficient (Wildman–Crippen LogP) is 9.80. The number of hydroxylamine groups is 2. The van der Waals surface area contributed by atoms with Crippen molar-refractivity contribution in [1.29, 1.82) is 0 Å². The molecule has 2 N–H and O–H groups in total. The number of hydrogen-bond donors (Lipinski definition) is 2. The summed E-state index contributed by atoms with van der Waals surface area (Å²) in [5.41, 5.74) is 2.33. The van der Waals surface area contributed by atoms with Crippen molar-refractivity contribution in [3.63, 3.8) is 0 Å². The molecule has 2 aromatic carbocycles. The van der Waals surface area contributed by atoms with Gasteiger partial charge in [-0.05, 0) is 88.8 Å². The second-order valence-electron chi connectivity index (χ2n) is 20.9. The molecule has 4 aliphatic rings. The van der Waals surface area contributed by atoms with Gasteiger partial charge < -0.3 is 38.7 Å². The number of imide groups is 1. The van der Waals surface area contributed by atoms with Crippen molar-refractivity contribution in [2.24, 2.45) is 11.8 Å². The van der Waals surface area contributed by atoms with Crippen molar-refractivity contribution in [2.75, 3.05) is 31.0 Å². The third-order valence-corrected chi connectivity index (χ3v) is 17.7. The van der Waals surface area contributed by atoms with Gasteiger partial charge in [0.1, 0.15) is 23.6 Å². The van der Waals surface area contributed by atoms with Crippen molar-refractivity contribution in [3.8, 4) is 16.9 Å². The molecular formula is C55H74N4O13S2. The number of ether oxygens (including phenoxy) is 5. The molecule has 1 unspecified atom stereocenters. The molecule has 0 aliphatic carbocycles. The number of esters is 1. The summed E-state index contributed by atoms with van der Waals surface area (Å²) < 4.78 is 30.6. The molecule has 19 heteroatoms. The summed E-state index contributed by atoms with van der Waals surface area (Å²) in [4.78, 5) is 97.1. The van der Waals surface area contributed by atoms with Crippen molar-refractivity contribution in [1.82, 2.24) is 10.4 Å². The summed E-state index contributed by atoms with van der Waals surface area (Å²) >= 11 is 0. The van der Waals surface area contributed by atoms with Crippen LogP contribution in [0.4, 0.5) is 16.2 Å². The fourth-order valence-electron chi connectivity index (χ4n) is 9.17. The summed E-state index contributed by atoms with van der Waals surface area (Å²) in [6.07, 6.45) is 6.51. The molecule has 17 nitrogen and oxygen atoms in total. The van der Waals surface area contributed by atoms with E-state index in [4.69, 9.17) is 28.5 Å². The number of nitrogens with one attached hydrogen (secondary N) is 2. The maximum Gasteiger partial charge on any atom is 0.409 e. The number of methoxy groups -OCH3 is 1. The van der Waals surface area contributed by atoms with E-state index < -0.39 is 65.4 Å². The number of nitrogens with zero attached hydrogens (tertiary/aromatic N) is 2. The lowest BCUT2D eigenvalue weighted by molar-refractivity contribution is -0.197. The second kappa shape index (κ2) is 25.0. The Labute approximate surface area is 443 Å². The molecule has 4 heterocycles. The fraction of sp³-hybridized carbons (Fsp3) is 0.582. The van der Waals surface area contributed by atoms with Crippen LogP contribution in [0.2, 0.25) is 0 Å². The van der Waals surface area contributed by atoms with E-state index in [9.17, 15) is 33.6 Å². The van der Waals surface area contributed by atoms with Crippen LogP contribution in [0.3, 0.4) is 0 Å². The molecule has 4 bridgehead atoms. The number of anilines is 2. The van der Waals surface area contributed by atoms with Crippen LogP contribution in [0, 0.1) is 11.8 Å². The first kappa shape index (κ1) is 57.9. The first-order chi connectivity index (χ1) is 35.0. The molecule has 6 rings (SSSR count). The van der Waals surface area contributed by atoms with Crippen LogP contribution in [-0.4, -0.2) is 107 Å². The van der Waals surface area contributed by atoms with E-state index in [-0.39, 0.29) is 59.8 Å². The van der Waals surface area contributed by atoms with Gasteiger partial charge in [0.2, 0.25) is 11.8 Å². The van der Waals surface area contributed by atoms with Crippen molar-refractivity contribution >= 4 is 74.6 Å². The SMILES string of the molecule is CCCO[C@]12C/C=C/C=C(\C)Cc3cc(OC)c(-c4ccc(NC(=O)CCC(C)SSC(C)(C)CCC(=O)ON5C(=O)CCC5=O)cc4)c(c3)N(C)C(=O)C[C@H](OC(=O)C(C)C)[C@]3(C)O[C@H]3[C@H](C)[C@H](C1)OC(=O)N2. The zero-order valence-electron chi connectivity index (χ0n) is 44.7. The minimum Gasteiger partial charge on any atom is -0.496 e. The molecule has 3 saturated heterocycles. The molecule has 5 amide bonds. The van der Waals surface area contributed by atoms with Crippen molar-refractivity contribution in [2.45, 2.75) is 173 Å². The largest absolute Gasteiger partial charge is 0.496 e. The molecule has 3 fully saturated rings. The Bertz CT molecular complexity index is 2460. The molecule has 7 atom stereocenters. The predicted molar refractivity (Wildman–Crippen MR) is 285 cm³/mol. The summed E-state index contributed by atoms with van der Waals surface area (Å²) in [5, 5.41) is 6.64. The minimum absolute atomic E-state index is 0.0411. The lowest BCUT2D eigenvalue weighted by Crippen LogP contribution is -2.59. The van der Waals surface area contributed by atoms with E-state index in [1.165, 1.54) is 0 Å². The summed E-state index contributed by atoms with van der Waals surface area (Å²) in [6, 6.07) is 11.3. The molecule has 0 spiro atoms. The number of carbonyl (C=O) groups excluding carboxylic acids is 7. The molecule has 404 valence electrons. The van der Waals surface area contributed by atoms with Gasteiger partial charge in [0.15, 0.2) is 5.72 Å². The van der Waals surface area contributed by atoms with Gasteiger partial charge in [-0.15, -0.1) is 5.06 Å². The van der Waals surface area contributed by atoms with E-state index in [0.29, 0.717) is 66.5 Å². The number of fused-ring (bicyclic) bond motifs is 5. The molecule has 2 aromatic rings. The fourth-order valence-corrected chi connectivity index (χ4v) is 11.8. The van der Waals surface area contributed by atoms with Crippen LogP contribution in [0.5, 0.6) is 5.75 Å². The molecular weight excluding hydrogens is 989 g/mol. The quantitative estimate of drug-likeness (QED) is 0.0616. The van der Waals surface area contributed by atoms with Crippen LogP contribution >= 0.6 is 21.6 Å². The van der Waals surface area contributed by atoms with E-state index in [1.54, 1.807) is 54.5 Å². The van der Waals surface area contributed by atoms with Crippen LogP contribution in [-0.2, 0) is 59.0 Å². The third kappa shape index (κ3) is 14.9. The van der Waals surface area contributed by atoms with Gasteiger partial charge in [-0.2, -0.15) is 0 Å². The number of benzene rings is 2. The Hall–Kier alpha value is -5.37. The lowest BCUT2D eigenvalue weighted by Gasteiger charge is -2.42. The molecule has 4 aliphatic heterocycles. The highest BCUT2D eigenvalue weighted by molar-refractivity contribution is 8.77. The zero-order chi connectivity index (χ0) is 54.1. The zero-order valence-corrected chi connectivity index (χ0v) is 46.3. The Morgan fingerprint density at radius 2 is 1.72 bits per heavy atom. The van der Waals surface area contributed by atoms with E-state index in [2.05, 4.69) is 10.6 Å². The highest BCUT2D eigenvalue weighted by Gasteiger charge is 2.64. The molecule has 0 saturated carbocycles. The lowest BCUT2D eigenvalue weighted by atomic mass is 9.84. The Morgan fingerprint density at radius 1 is 1.01 bits per heavy atom. The maximum absolute atomic E-state index is 14.7. The van der Waals surface area contributed by atoms with Gasteiger partial charge in [0.05, 0.1) is 31.2 Å². The first-order valence-electron chi connectivity index (χ1n) is 25.6. The number of hydrogen-bond acceptors (Lipinski definition) is 15. The number of alkyl carbamates (subject to hydrolysis) is 1. The number of epoxide rings is 1. The monoisotopic (exact) mass is 1060 g/mol. The van der Waals surface area contributed by atoms with Gasteiger partial charge in [-0.1, -0.05) is 92.1 Å². The summed E-state index contributed by atoms with van der Waals surface area (Å²) in [7, 11) is 6.50. The van der Waals surface area contributed by atoms with Gasteiger partial charge in [0.25, 0.3) is 11.8 Å². The smallest absolute Gasteiger partial charge is 0.409 e. The van der Waals surface area contributed by atoms with Crippen LogP contribution in [0.1, 0.15) is 132 Å². The summed E-state index contributed by atoms with van der Waals surface area (Å²) in [5.74, 6) is -2.92. The highest BCUT2D eigenvalue weighted by Crippen LogP contribution is 2.50. The number of rotatable bonds is 18. The number of allylic oxidation sites excluding steroid dienone is 3. The van der Waals surface area contributed by atoms with Gasteiger partial charge in [-0.3, -0.25) is 29.3 Å². The maximum atomic E-state index is 14.7. The third-order valence-electron chi connectivity index (χ3n) is 13.7. The van der Waals surface area contributed by atoms with Crippen molar-refractivity contribution in [3.05, 3.63) is 65.8 Å². The van der Waals surface area contributed by atoms with Crippen molar-refractivity contribution < 1.29 is 62.1 Å². The Kier molecular flexibility index (Phi) is 19.5. The van der Waals surface area contributed by atoms with Gasteiger partial charge in [0, 0.05) is 79.3 Å². The Morgan fingerprint density at radius 3 is 2.38 bits per heavy atom. The number of amides is 5. The van der Waals surface area contributed by atoms with E-state index >= 15 is 0 Å². The second-order valence-corrected chi connectivity index (χ2v) is 24.3. The minimum atomic E-state index is -1.08. The van der Waals surface area contributed by atoms with Crippen LogP contribution in [0.25, 0.3) is 11.1 Å². The Balaban J connectivity index is 1.19. The summed E-state index contributed by atoms with van der Waals surface area (Å²) in [6.45, 7) is 17.7. The average Bonchev–Trinajstić information content (AvgIpc) is 3.96. The number of carbonyl (C=O) groups is 7. The highest BCUT2D eigenvalue weighted by atomic mass is 33.1. The van der Waals surface area contributed by atoms with E-state index in [0.717, 1.165) is 23.1 Å². The average molecular weight is 1060 g/mol. The van der Waals surface area contributed by atoms with Gasteiger partial charge >= 0.3 is 18.0 Å². The van der Waals surface area contributed by atoms with Gasteiger partial charge in [-0.25, -0.2) is 9.59 Å².